The summed E-state index contributed by atoms with van der Waals surface area (Å²) in [4.78, 5) is 30.6. The summed E-state index contributed by atoms with van der Waals surface area (Å²) in [6.45, 7) is 8.62. The minimum absolute atomic E-state index is 0.0684. The van der Waals surface area contributed by atoms with E-state index in [1.165, 1.54) is 0 Å². The molecule has 2 aromatic rings. The van der Waals surface area contributed by atoms with Crippen LogP contribution in [0.1, 0.15) is 58.4 Å². The number of rotatable bonds is 14. The molecule has 0 spiro atoms. The Labute approximate surface area is 191 Å². The summed E-state index contributed by atoms with van der Waals surface area (Å²) in [7, 11) is 0. The first-order valence-electron chi connectivity index (χ1n) is 11.5. The van der Waals surface area contributed by atoms with Crippen LogP contribution in [0.3, 0.4) is 0 Å². The lowest BCUT2D eigenvalue weighted by atomic mass is 10.2. The first kappa shape index (κ1) is 25.2. The lowest BCUT2D eigenvalue weighted by molar-refractivity contribution is -0.131. The van der Waals surface area contributed by atoms with Crippen LogP contribution in [0.5, 0.6) is 17.4 Å². The molecule has 0 saturated heterocycles. The van der Waals surface area contributed by atoms with Crippen molar-refractivity contribution in [2.45, 2.75) is 59.4 Å². The van der Waals surface area contributed by atoms with Gasteiger partial charge < -0.3 is 19.7 Å². The van der Waals surface area contributed by atoms with Crippen molar-refractivity contribution in [2.75, 3.05) is 19.7 Å². The number of aromatic nitrogens is 1. The third-order valence-corrected chi connectivity index (χ3v) is 4.78. The Hall–Kier alpha value is -3.09. The highest BCUT2D eigenvalue weighted by atomic mass is 16.5. The molecule has 1 aromatic carbocycles. The molecular weight excluding hydrogens is 406 g/mol. The van der Waals surface area contributed by atoms with Crippen molar-refractivity contribution in [3.63, 3.8) is 0 Å². The Bertz CT molecular complexity index is 833. The summed E-state index contributed by atoms with van der Waals surface area (Å²) < 4.78 is 11.2. The molecular formula is C25H35N3O4. The monoisotopic (exact) mass is 441 g/mol. The van der Waals surface area contributed by atoms with Gasteiger partial charge >= 0.3 is 0 Å². The zero-order chi connectivity index (χ0) is 23.2. The normalized spacial score (nSPS) is 10.5. The Morgan fingerprint density at radius 3 is 2.31 bits per heavy atom. The molecule has 1 heterocycles. The predicted octanol–water partition coefficient (Wildman–Crippen LogP) is 4.71. The second-order valence-electron chi connectivity index (χ2n) is 7.52. The van der Waals surface area contributed by atoms with Crippen LogP contribution in [0, 0.1) is 0 Å². The van der Waals surface area contributed by atoms with Gasteiger partial charge in [-0.15, -0.1) is 0 Å². The van der Waals surface area contributed by atoms with Gasteiger partial charge in [0, 0.05) is 44.7 Å². The van der Waals surface area contributed by atoms with Crippen LogP contribution in [-0.2, 0) is 16.1 Å². The van der Waals surface area contributed by atoms with Gasteiger partial charge in [-0.3, -0.25) is 9.59 Å². The molecule has 32 heavy (non-hydrogen) atoms. The average Bonchev–Trinajstić information content (AvgIpc) is 2.79. The number of nitrogens with zero attached hydrogens (tertiary/aromatic N) is 2. The maximum atomic E-state index is 12.3. The fraction of sp³-hybridized carbons (Fsp3) is 0.480. The molecule has 0 aliphatic heterocycles. The molecule has 2 rings (SSSR count). The summed E-state index contributed by atoms with van der Waals surface area (Å²) in [5, 5.41) is 2.90. The lowest BCUT2D eigenvalue weighted by Gasteiger charge is -2.21. The van der Waals surface area contributed by atoms with E-state index in [4.69, 9.17) is 9.47 Å². The van der Waals surface area contributed by atoms with Crippen LogP contribution < -0.4 is 14.8 Å². The molecule has 0 radical (unpaired) electrons. The highest BCUT2D eigenvalue weighted by molar-refractivity contribution is 5.79. The highest BCUT2D eigenvalue weighted by Gasteiger charge is 2.12. The van der Waals surface area contributed by atoms with Crippen molar-refractivity contribution in [1.82, 2.24) is 15.2 Å². The summed E-state index contributed by atoms with van der Waals surface area (Å²) in [6, 6.07) is 11.0. The standard InChI is InChI=1S/C25H35N3O4/c1-4-16-28(17-5-2)25(30)9-7-8-23(29)27-19-20-14-15-26-24(18-20)32-22-12-10-21(11-13-22)31-6-3/h10-15,18H,4-9,16-17,19H2,1-3H3,(H,27,29). The molecule has 174 valence electrons. The Morgan fingerprint density at radius 2 is 1.66 bits per heavy atom. The van der Waals surface area contributed by atoms with Gasteiger partial charge in [0.1, 0.15) is 11.5 Å². The van der Waals surface area contributed by atoms with Gasteiger partial charge in [-0.25, -0.2) is 4.98 Å². The summed E-state index contributed by atoms with van der Waals surface area (Å²) in [6.07, 6.45) is 4.84. The zero-order valence-electron chi connectivity index (χ0n) is 19.4. The summed E-state index contributed by atoms with van der Waals surface area (Å²) >= 11 is 0. The van der Waals surface area contributed by atoms with E-state index in [-0.39, 0.29) is 11.8 Å². The minimum atomic E-state index is -0.0684. The van der Waals surface area contributed by atoms with Gasteiger partial charge in [-0.2, -0.15) is 0 Å². The topological polar surface area (TPSA) is 80.8 Å². The third-order valence-electron chi connectivity index (χ3n) is 4.78. The molecule has 0 unspecified atom stereocenters. The number of ether oxygens (including phenoxy) is 2. The van der Waals surface area contributed by atoms with Crippen molar-refractivity contribution in [3.8, 4) is 17.4 Å². The van der Waals surface area contributed by atoms with E-state index in [2.05, 4.69) is 24.1 Å². The number of carbonyl (C=O) groups excluding carboxylic acids is 2. The maximum absolute atomic E-state index is 12.3. The number of benzene rings is 1. The number of pyridine rings is 1. The Kier molecular flexibility index (Phi) is 11.1. The first-order valence-corrected chi connectivity index (χ1v) is 11.5. The van der Waals surface area contributed by atoms with Crippen molar-refractivity contribution in [3.05, 3.63) is 48.2 Å². The number of hydrogen-bond donors (Lipinski definition) is 1. The van der Waals surface area contributed by atoms with Crippen molar-refractivity contribution >= 4 is 11.8 Å². The molecule has 1 N–H and O–H groups in total. The van der Waals surface area contributed by atoms with Crippen molar-refractivity contribution in [1.29, 1.82) is 0 Å². The SMILES string of the molecule is CCCN(CCC)C(=O)CCCC(=O)NCc1ccnc(Oc2ccc(OCC)cc2)c1. The second kappa shape index (κ2) is 14.1. The molecule has 0 aliphatic carbocycles. The molecule has 0 atom stereocenters. The predicted molar refractivity (Wildman–Crippen MR) is 125 cm³/mol. The zero-order valence-corrected chi connectivity index (χ0v) is 19.4. The van der Waals surface area contributed by atoms with Crippen LogP contribution in [0.4, 0.5) is 0 Å². The first-order chi connectivity index (χ1) is 15.5. The average molecular weight is 442 g/mol. The highest BCUT2D eigenvalue weighted by Crippen LogP contribution is 2.23. The van der Waals surface area contributed by atoms with E-state index < -0.39 is 0 Å². The smallest absolute Gasteiger partial charge is 0.222 e. The maximum Gasteiger partial charge on any atom is 0.222 e. The quantitative estimate of drug-likeness (QED) is 0.459. The van der Waals surface area contributed by atoms with E-state index in [1.807, 2.05) is 42.2 Å². The van der Waals surface area contributed by atoms with Crippen LogP contribution >= 0.6 is 0 Å². The van der Waals surface area contributed by atoms with Gasteiger partial charge in [0.25, 0.3) is 0 Å². The number of nitrogens with one attached hydrogen (secondary N) is 1. The fourth-order valence-corrected chi connectivity index (χ4v) is 3.26. The Morgan fingerprint density at radius 1 is 0.969 bits per heavy atom. The number of amides is 2. The van der Waals surface area contributed by atoms with Gasteiger partial charge in [0.05, 0.1) is 6.61 Å². The molecule has 0 saturated carbocycles. The number of hydrogen-bond acceptors (Lipinski definition) is 5. The lowest BCUT2D eigenvalue weighted by Crippen LogP contribution is -2.32. The summed E-state index contributed by atoms with van der Waals surface area (Å²) in [5.41, 5.74) is 0.891. The van der Waals surface area contributed by atoms with Gasteiger partial charge in [0.15, 0.2) is 0 Å². The van der Waals surface area contributed by atoms with Gasteiger partial charge in [0.2, 0.25) is 17.7 Å². The van der Waals surface area contributed by atoms with Gasteiger partial charge in [-0.1, -0.05) is 13.8 Å². The molecule has 0 bridgehead atoms. The minimum Gasteiger partial charge on any atom is -0.494 e. The molecule has 7 heteroatoms. The van der Waals surface area contributed by atoms with Gasteiger partial charge in [-0.05, 0) is 62.1 Å². The van der Waals surface area contributed by atoms with E-state index in [0.29, 0.717) is 44.0 Å². The van der Waals surface area contributed by atoms with Crippen molar-refractivity contribution < 1.29 is 19.1 Å². The number of carbonyl (C=O) groups is 2. The van der Waals surface area contributed by atoms with E-state index in [1.54, 1.807) is 12.3 Å². The van der Waals surface area contributed by atoms with Crippen LogP contribution in [-0.4, -0.2) is 41.4 Å². The third kappa shape index (κ3) is 8.96. The van der Waals surface area contributed by atoms with Crippen molar-refractivity contribution in [2.24, 2.45) is 0 Å². The summed E-state index contributed by atoms with van der Waals surface area (Å²) in [5.74, 6) is 1.97. The molecule has 7 nitrogen and oxygen atoms in total. The van der Waals surface area contributed by atoms with E-state index in [9.17, 15) is 9.59 Å². The fourth-order valence-electron chi connectivity index (χ4n) is 3.26. The van der Waals surface area contributed by atoms with Crippen LogP contribution in [0.25, 0.3) is 0 Å². The molecule has 2 amide bonds. The van der Waals surface area contributed by atoms with E-state index >= 15 is 0 Å². The molecule has 0 fully saturated rings. The van der Waals surface area contributed by atoms with Crippen LogP contribution in [0.15, 0.2) is 42.6 Å². The molecule has 1 aromatic heterocycles. The largest absolute Gasteiger partial charge is 0.494 e. The second-order valence-corrected chi connectivity index (χ2v) is 7.52. The van der Waals surface area contributed by atoms with E-state index in [0.717, 1.165) is 37.2 Å². The molecule has 0 aliphatic rings. The Balaban J connectivity index is 1.76. The van der Waals surface area contributed by atoms with Crippen LogP contribution in [0.2, 0.25) is 0 Å².